The SMILES string of the molecule is COc1cc(OC)cc(C2C(S(=O)(=O)NCc3cccc(C(F)(F)F)c3)CON2C)c1. The first kappa shape index (κ1) is 23.3. The Labute approximate surface area is 178 Å². The summed E-state index contributed by atoms with van der Waals surface area (Å²) in [4.78, 5) is 5.47. The van der Waals surface area contributed by atoms with Crippen molar-refractivity contribution in [2.45, 2.75) is 24.0 Å². The molecule has 0 spiro atoms. The highest BCUT2D eigenvalue weighted by Gasteiger charge is 2.43. The van der Waals surface area contributed by atoms with Crippen molar-refractivity contribution in [1.29, 1.82) is 0 Å². The van der Waals surface area contributed by atoms with E-state index in [0.29, 0.717) is 17.1 Å². The minimum absolute atomic E-state index is 0.112. The zero-order chi connectivity index (χ0) is 22.8. The van der Waals surface area contributed by atoms with Crippen LogP contribution in [0.5, 0.6) is 11.5 Å². The van der Waals surface area contributed by atoms with E-state index >= 15 is 0 Å². The van der Waals surface area contributed by atoms with Crippen LogP contribution >= 0.6 is 0 Å². The first-order valence-corrected chi connectivity index (χ1v) is 10.8. The number of hydrogen-bond donors (Lipinski definition) is 1. The molecule has 2 aromatic carbocycles. The number of hydroxylamine groups is 2. The second-order valence-electron chi connectivity index (χ2n) is 7.04. The molecule has 2 atom stereocenters. The molecule has 11 heteroatoms. The number of rotatable bonds is 7. The molecule has 31 heavy (non-hydrogen) atoms. The zero-order valence-electron chi connectivity index (χ0n) is 17.1. The smallest absolute Gasteiger partial charge is 0.416 e. The Kier molecular flexibility index (Phi) is 6.79. The largest absolute Gasteiger partial charge is 0.497 e. The van der Waals surface area contributed by atoms with Gasteiger partial charge in [-0.2, -0.15) is 18.2 Å². The van der Waals surface area contributed by atoms with Crippen LogP contribution in [-0.2, 0) is 27.6 Å². The molecule has 1 aliphatic rings. The van der Waals surface area contributed by atoms with Crippen LogP contribution in [0.3, 0.4) is 0 Å². The van der Waals surface area contributed by atoms with E-state index in [4.69, 9.17) is 14.3 Å². The predicted octanol–water partition coefficient (Wildman–Crippen LogP) is 3.13. The summed E-state index contributed by atoms with van der Waals surface area (Å²) in [5.41, 5.74) is -0.0367. The van der Waals surface area contributed by atoms with Gasteiger partial charge < -0.3 is 9.47 Å². The van der Waals surface area contributed by atoms with E-state index in [-0.39, 0.29) is 18.7 Å². The first-order chi connectivity index (χ1) is 14.5. The average molecular weight is 460 g/mol. The van der Waals surface area contributed by atoms with Gasteiger partial charge in [0.25, 0.3) is 0 Å². The van der Waals surface area contributed by atoms with Gasteiger partial charge in [-0.3, -0.25) is 4.84 Å². The predicted molar refractivity (Wildman–Crippen MR) is 107 cm³/mol. The molecule has 0 saturated carbocycles. The Balaban J connectivity index is 1.84. The van der Waals surface area contributed by atoms with E-state index in [0.717, 1.165) is 12.1 Å². The number of nitrogens with zero attached hydrogens (tertiary/aromatic N) is 1. The standard InChI is InChI=1S/C20H23F3N2O5S/c1-25-19(14-8-16(28-2)10-17(9-14)29-3)18(12-30-25)31(26,27)24-11-13-5-4-6-15(7-13)20(21,22)23/h4-10,18-19,24H,11-12H2,1-3H3. The lowest BCUT2D eigenvalue weighted by Gasteiger charge is -2.24. The Bertz CT molecular complexity index is 1010. The summed E-state index contributed by atoms with van der Waals surface area (Å²) in [7, 11) is 0.623. The Morgan fingerprint density at radius 3 is 2.35 bits per heavy atom. The third kappa shape index (κ3) is 5.29. The molecular formula is C20H23F3N2O5S. The summed E-state index contributed by atoms with van der Waals surface area (Å²) in [6, 6.07) is 8.89. The van der Waals surface area contributed by atoms with Gasteiger partial charge in [-0.25, -0.2) is 13.1 Å². The highest BCUT2D eigenvalue weighted by atomic mass is 32.2. The van der Waals surface area contributed by atoms with Crippen molar-refractivity contribution in [2.75, 3.05) is 27.9 Å². The van der Waals surface area contributed by atoms with Gasteiger partial charge in [-0.1, -0.05) is 18.2 Å². The summed E-state index contributed by atoms with van der Waals surface area (Å²) in [6.45, 7) is -0.390. The molecule has 1 aliphatic heterocycles. The molecule has 0 bridgehead atoms. The molecule has 1 saturated heterocycles. The van der Waals surface area contributed by atoms with Crippen LogP contribution in [0.4, 0.5) is 13.2 Å². The molecule has 1 N–H and O–H groups in total. The molecular weight excluding hydrogens is 437 g/mol. The van der Waals surface area contributed by atoms with Gasteiger partial charge in [-0.15, -0.1) is 0 Å². The lowest BCUT2D eigenvalue weighted by atomic mass is 10.0. The maximum absolute atomic E-state index is 13.0. The normalized spacial score (nSPS) is 20.1. The maximum atomic E-state index is 13.0. The lowest BCUT2D eigenvalue weighted by Crippen LogP contribution is -2.39. The topological polar surface area (TPSA) is 77.1 Å². The second-order valence-corrected chi connectivity index (χ2v) is 9.02. The number of benzene rings is 2. The van der Waals surface area contributed by atoms with Crippen LogP contribution in [0, 0.1) is 0 Å². The van der Waals surface area contributed by atoms with Crippen molar-refractivity contribution < 1.29 is 35.9 Å². The Morgan fingerprint density at radius 2 is 1.77 bits per heavy atom. The van der Waals surface area contributed by atoms with Gasteiger partial charge in [-0.05, 0) is 29.3 Å². The van der Waals surface area contributed by atoms with E-state index < -0.39 is 33.1 Å². The Morgan fingerprint density at radius 1 is 1.13 bits per heavy atom. The van der Waals surface area contributed by atoms with Gasteiger partial charge in [0.2, 0.25) is 10.0 Å². The van der Waals surface area contributed by atoms with Gasteiger partial charge in [0.05, 0.1) is 32.4 Å². The highest BCUT2D eigenvalue weighted by Crippen LogP contribution is 2.37. The maximum Gasteiger partial charge on any atom is 0.416 e. The third-order valence-corrected chi connectivity index (χ3v) is 6.77. The van der Waals surface area contributed by atoms with Crippen LogP contribution < -0.4 is 14.2 Å². The molecule has 0 amide bonds. The first-order valence-electron chi connectivity index (χ1n) is 9.28. The van der Waals surface area contributed by atoms with Crippen molar-refractivity contribution in [3.8, 4) is 11.5 Å². The minimum atomic E-state index is -4.51. The lowest BCUT2D eigenvalue weighted by molar-refractivity contribution is -0.137. The van der Waals surface area contributed by atoms with E-state index in [1.807, 2.05) is 0 Å². The Hall–Kier alpha value is -2.34. The van der Waals surface area contributed by atoms with E-state index in [1.54, 1.807) is 25.2 Å². The quantitative estimate of drug-likeness (QED) is 0.684. The van der Waals surface area contributed by atoms with Crippen molar-refractivity contribution in [1.82, 2.24) is 9.79 Å². The molecule has 7 nitrogen and oxygen atoms in total. The molecule has 1 heterocycles. The molecule has 2 aromatic rings. The fraction of sp³-hybridized carbons (Fsp3) is 0.400. The van der Waals surface area contributed by atoms with Crippen LogP contribution in [-0.4, -0.2) is 46.6 Å². The number of methoxy groups -OCH3 is 2. The van der Waals surface area contributed by atoms with Crippen molar-refractivity contribution in [3.05, 3.63) is 59.2 Å². The number of alkyl halides is 3. The number of sulfonamides is 1. The number of ether oxygens (including phenoxy) is 2. The summed E-state index contributed by atoms with van der Waals surface area (Å²) >= 11 is 0. The second kappa shape index (κ2) is 9.03. The molecule has 3 rings (SSSR count). The summed E-state index contributed by atoms with van der Waals surface area (Å²) in [5, 5.41) is 0.433. The van der Waals surface area contributed by atoms with Crippen LogP contribution in [0.1, 0.15) is 22.7 Å². The zero-order valence-corrected chi connectivity index (χ0v) is 18.0. The fourth-order valence-electron chi connectivity index (χ4n) is 3.43. The summed E-state index contributed by atoms with van der Waals surface area (Å²) < 4.78 is 77.7. The van der Waals surface area contributed by atoms with Gasteiger partial charge in [0.1, 0.15) is 16.7 Å². The minimum Gasteiger partial charge on any atom is -0.497 e. The van der Waals surface area contributed by atoms with Crippen molar-refractivity contribution >= 4 is 10.0 Å². The third-order valence-electron chi connectivity index (χ3n) is 5.03. The van der Waals surface area contributed by atoms with Crippen molar-refractivity contribution in [3.63, 3.8) is 0 Å². The average Bonchev–Trinajstić information content (AvgIpc) is 3.14. The fourth-order valence-corrected chi connectivity index (χ4v) is 4.92. The number of halogens is 3. The van der Waals surface area contributed by atoms with Crippen molar-refractivity contribution in [2.24, 2.45) is 0 Å². The molecule has 0 aliphatic carbocycles. The van der Waals surface area contributed by atoms with Crippen LogP contribution in [0.2, 0.25) is 0 Å². The van der Waals surface area contributed by atoms with E-state index in [2.05, 4.69) is 4.72 Å². The molecule has 170 valence electrons. The summed E-state index contributed by atoms with van der Waals surface area (Å²) in [6.07, 6.45) is -4.51. The summed E-state index contributed by atoms with van der Waals surface area (Å²) in [5.74, 6) is 0.977. The van der Waals surface area contributed by atoms with Crippen LogP contribution in [0.25, 0.3) is 0 Å². The van der Waals surface area contributed by atoms with Gasteiger partial charge >= 0.3 is 6.18 Å². The highest BCUT2D eigenvalue weighted by molar-refractivity contribution is 7.90. The van der Waals surface area contributed by atoms with Crippen LogP contribution in [0.15, 0.2) is 42.5 Å². The molecule has 0 aromatic heterocycles. The van der Waals surface area contributed by atoms with E-state index in [9.17, 15) is 21.6 Å². The van der Waals surface area contributed by atoms with Gasteiger partial charge in [0.15, 0.2) is 0 Å². The molecule has 1 fully saturated rings. The monoisotopic (exact) mass is 460 g/mol. The molecule has 0 radical (unpaired) electrons. The molecule has 2 unspecified atom stereocenters. The van der Waals surface area contributed by atoms with E-state index in [1.165, 1.54) is 31.4 Å². The number of nitrogens with one attached hydrogen (secondary N) is 1. The van der Waals surface area contributed by atoms with Gasteiger partial charge in [0, 0.05) is 19.7 Å². The number of hydrogen-bond acceptors (Lipinski definition) is 6.